The number of benzene rings is 1. The van der Waals surface area contributed by atoms with Crippen LogP contribution in [0.25, 0.3) is 0 Å². The predicted octanol–water partition coefficient (Wildman–Crippen LogP) is 1.82. The van der Waals surface area contributed by atoms with E-state index in [9.17, 15) is 0 Å². The van der Waals surface area contributed by atoms with Crippen molar-refractivity contribution in [1.29, 1.82) is 0 Å². The summed E-state index contributed by atoms with van der Waals surface area (Å²) in [6.45, 7) is 0. The van der Waals surface area contributed by atoms with Gasteiger partial charge in [0.15, 0.2) is 0 Å². The van der Waals surface area contributed by atoms with E-state index in [-0.39, 0.29) is 6.04 Å². The lowest BCUT2D eigenvalue weighted by atomic mass is 10.0. The molecule has 0 spiro atoms. The highest BCUT2D eigenvalue weighted by Gasteiger charge is 2.15. The van der Waals surface area contributed by atoms with Crippen LogP contribution >= 0.6 is 34.2 Å². The molecule has 0 fully saturated rings. The molecule has 3 N–H and O–H groups in total. The molecule has 2 rings (SSSR count). The van der Waals surface area contributed by atoms with Gasteiger partial charge in [0.2, 0.25) is 0 Å². The number of hydrazine groups is 1. The third-order valence-corrected chi connectivity index (χ3v) is 3.82. The Morgan fingerprint density at radius 1 is 1.56 bits per heavy atom. The number of aromatic nitrogens is 3. The van der Waals surface area contributed by atoms with Gasteiger partial charge in [-0.2, -0.15) is 0 Å². The summed E-state index contributed by atoms with van der Waals surface area (Å²) in [5.41, 5.74) is 4.76. The molecule has 5 nitrogen and oxygen atoms in total. The fourth-order valence-electron chi connectivity index (χ4n) is 1.74. The molecule has 7 heteroatoms. The zero-order valence-corrected chi connectivity index (χ0v) is 12.7. The van der Waals surface area contributed by atoms with Gasteiger partial charge in [-0.1, -0.05) is 16.8 Å². The molecule has 0 aliphatic rings. The molecule has 0 saturated carbocycles. The molecule has 1 atom stereocenters. The van der Waals surface area contributed by atoms with Crippen LogP contribution < -0.4 is 11.3 Å². The second-order valence-electron chi connectivity index (χ2n) is 3.97. The minimum absolute atomic E-state index is 0.0349. The van der Waals surface area contributed by atoms with E-state index in [0.717, 1.165) is 14.8 Å². The molecule has 0 radical (unpaired) electrons. The van der Waals surface area contributed by atoms with Gasteiger partial charge in [0, 0.05) is 28.3 Å². The van der Waals surface area contributed by atoms with E-state index in [4.69, 9.17) is 17.4 Å². The third-order valence-electron chi connectivity index (χ3n) is 2.60. The van der Waals surface area contributed by atoms with Crippen molar-refractivity contribution >= 4 is 34.2 Å². The SMILES string of the molecule is Cn1cc(CC(NN)c2cc(Cl)ccc2I)nn1. The number of nitrogens with two attached hydrogens (primary N) is 1. The zero-order chi connectivity index (χ0) is 13.1. The predicted molar refractivity (Wildman–Crippen MR) is 78.9 cm³/mol. The van der Waals surface area contributed by atoms with Crippen molar-refractivity contribution < 1.29 is 0 Å². The van der Waals surface area contributed by atoms with Gasteiger partial charge >= 0.3 is 0 Å². The largest absolute Gasteiger partial charge is 0.271 e. The van der Waals surface area contributed by atoms with Crippen molar-refractivity contribution in [2.45, 2.75) is 12.5 Å². The maximum atomic E-state index is 6.02. The van der Waals surface area contributed by atoms with Crippen LogP contribution in [0.1, 0.15) is 17.3 Å². The van der Waals surface area contributed by atoms with Gasteiger partial charge in [-0.05, 0) is 46.4 Å². The van der Waals surface area contributed by atoms with E-state index in [0.29, 0.717) is 11.4 Å². The number of hydrogen-bond acceptors (Lipinski definition) is 4. The van der Waals surface area contributed by atoms with Crippen LogP contribution in [-0.4, -0.2) is 15.0 Å². The average molecular weight is 378 g/mol. The maximum absolute atomic E-state index is 6.02. The summed E-state index contributed by atoms with van der Waals surface area (Å²) in [6, 6.07) is 5.72. The Hall–Kier alpha value is -0.700. The lowest BCUT2D eigenvalue weighted by Gasteiger charge is -2.16. The molecule has 0 bridgehead atoms. The van der Waals surface area contributed by atoms with Gasteiger partial charge in [-0.3, -0.25) is 16.0 Å². The summed E-state index contributed by atoms with van der Waals surface area (Å²) in [7, 11) is 1.84. The molecular weight excluding hydrogens is 365 g/mol. The van der Waals surface area contributed by atoms with Crippen LogP contribution in [0.2, 0.25) is 5.02 Å². The molecule has 1 aromatic heterocycles. The summed E-state index contributed by atoms with van der Waals surface area (Å²) in [6.07, 6.45) is 2.54. The highest BCUT2D eigenvalue weighted by Crippen LogP contribution is 2.25. The third kappa shape index (κ3) is 3.19. The Morgan fingerprint density at radius 2 is 2.33 bits per heavy atom. The Balaban J connectivity index is 2.25. The molecule has 0 aliphatic carbocycles. The Labute approximate surface area is 124 Å². The molecule has 96 valence electrons. The first kappa shape index (κ1) is 13.7. The minimum atomic E-state index is -0.0349. The van der Waals surface area contributed by atoms with Crippen molar-refractivity contribution in [3.05, 3.63) is 44.2 Å². The molecule has 2 aromatic rings. The maximum Gasteiger partial charge on any atom is 0.0846 e. The van der Waals surface area contributed by atoms with Gasteiger partial charge in [0.1, 0.15) is 0 Å². The molecule has 1 heterocycles. The fourth-order valence-corrected chi connectivity index (χ4v) is 2.63. The van der Waals surface area contributed by atoms with E-state index in [1.807, 2.05) is 31.4 Å². The summed E-state index contributed by atoms with van der Waals surface area (Å²) in [5.74, 6) is 5.63. The summed E-state index contributed by atoms with van der Waals surface area (Å²) in [4.78, 5) is 0. The van der Waals surface area contributed by atoms with E-state index in [1.165, 1.54) is 0 Å². The van der Waals surface area contributed by atoms with Gasteiger partial charge in [0.05, 0.1) is 11.7 Å². The average Bonchev–Trinajstić information content (AvgIpc) is 2.75. The topological polar surface area (TPSA) is 68.8 Å². The van der Waals surface area contributed by atoms with Crippen LogP contribution in [0.3, 0.4) is 0 Å². The van der Waals surface area contributed by atoms with E-state index >= 15 is 0 Å². The Bertz CT molecular complexity index is 542. The van der Waals surface area contributed by atoms with Crippen LogP contribution in [0.4, 0.5) is 0 Å². The number of nitrogens with one attached hydrogen (secondary N) is 1. The lowest BCUT2D eigenvalue weighted by Crippen LogP contribution is -2.30. The number of nitrogens with zero attached hydrogens (tertiary/aromatic N) is 3. The van der Waals surface area contributed by atoms with Crippen LogP contribution in [0.5, 0.6) is 0 Å². The number of hydrogen-bond donors (Lipinski definition) is 2. The van der Waals surface area contributed by atoms with Gasteiger partial charge in [-0.15, -0.1) is 5.10 Å². The lowest BCUT2D eigenvalue weighted by molar-refractivity contribution is 0.543. The quantitative estimate of drug-likeness (QED) is 0.484. The first-order chi connectivity index (χ1) is 8.60. The van der Waals surface area contributed by atoms with Crippen molar-refractivity contribution in [1.82, 2.24) is 20.4 Å². The molecular formula is C11H13ClIN5. The van der Waals surface area contributed by atoms with Crippen molar-refractivity contribution in [2.24, 2.45) is 12.9 Å². The molecule has 1 unspecified atom stereocenters. The molecule has 1 aromatic carbocycles. The molecule has 0 saturated heterocycles. The first-order valence-electron chi connectivity index (χ1n) is 5.36. The van der Waals surface area contributed by atoms with Crippen LogP contribution in [0, 0.1) is 3.57 Å². The highest BCUT2D eigenvalue weighted by molar-refractivity contribution is 14.1. The fraction of sp³-hybridized carbons (Fsp3) is 0.273. The van der Waals surface area contributed by atoms with Crippen LogP contribution in [-0.2, 0) is 13.5 Å². The van der Waals surface area contributed by atoms with E-state index in [1.54, 1.807) is 4.68 Å². The number of rotatable bonds is 4. The summed E-state index contributed by atoms with van der Waals surface area (Å²) in [5, 5.41) is 8.67. The second-order valence-corrected chi connectivity index (χ2v) is 5.57. The van der Waals surface area contributed by atoms with Crippen molar-refractivity contribution in [2.75, 3.05) is 0 Å². The van der Waals surface area contributed by atoms with Gasteiger partial charge < -0.3 is 0 Å². The Kier molecular flexibility index (Phi) is 4.55. The zero-order valence-electron chi connectivity index (χ0n) is 9.77. The number of aryl methyl sites for hydroxylation is 1. The molecule has 0 aliphatic heterocycles. The number of halogens is 2. The van der Waals surface area contributed by atoms with E-state index < -0.39 is 0 Å². The second kappa shape index (κ2) is 5.96. The molecule has 18 heavy (non-hydrogen) atoms. The monoisotopic (exact) mass is 377 g/mol. The Morgan fingerprint density at radius 3 is 2.94 bits per heavy atom. The summed E-state index contributed by atoms with van der Waals surface area (Å²) < 4.78 is 2.79. The highest BCUT2D eigenvalue weighted by atomic mass is 127. The van der Waals surface area contributed by atoms with Crippen molar-refractivity contribution in [3.8, 4) is 0 Å². The van der Waals surface area contributed by atoms with Crippen LogP contribution in [0.15, 0.2) is 24.4 Å². The molecule has 0 amide bonds. The van der Waals surface area contributed by atoms with Gasteiger partial charge in [-0.25, -0.2) is 0 Å². The minimum Gasteiger partial charge on any atom is -0.271 e. The standard InChI is InChI=1S/C11H13ClIN5/c1-18-6-8(16-17-18)5-11(15-14)9-4-7(12)2-3-10(9)13/h2-4,6,11,15H,5,14H2,1H3. The smallest absolute Gasteiger partial charge is 0.0846 e. The normalized spacial score (nSPS) is 12.7. The van der Waals surface area contributed by atoms with E-state index in [2.05, 4.69) is 38.3 Å². The first-order valence-corrected chi connectivity index (χ1v) is 6.82. The van der Waals surface area contributed by atoms with Crippen molar-refractivity contribution in [3.63, 3.8) is 0 Å². The van der Waals surface area contributed by atoms with Gasteiger partial charge in [0.25, 0.3) is 0 Å². The summed E-state index contributed by atoms with van der Waals surface area (Å²) >= 11 is 8.29.